The maximum Gasteiger partial charge on any atom is 0.344 e. The predicted molar refractivity (Wildman–Crippen MR) is 100 cm³/mol. The number of benzene rings is 2. The minimum absolute atomic E-state index is 0.113. The highest BCUT2D eigenvalue weighted by molar-refractivity contribution is 6.00. The van der Waals surface area contributed by atoms with E-state index in [4.69, 9.17) is 0 Å². The van der Waals surface area contributed by atoms with Crippen LogP contribution in [0.4, 0.5) is 17.1 Å². The van der Waals surface area contributed by atoms with Crippen molar-refractivity contribution in [1.82, 2.24) is 0 Å². The Bertz CT molecular complexity index is 912. The van der Waals surface area contributed by atoms with E-state index in [1.54, 1.807) is 11.8 Å². The SMILES string of the molecule is COC(=O)c1cc(NC(C)C(=O)N2CCc3ccccc32)ccc1[N+](=O)[O-]. The number of ether oxygens (including phenoxy) is 1. The van der Waals surface area contributed by atoms with E-state index in [1.165, 1.54) is 18.2 Å². The second-order valence-corrected chi connectivity index (χ2v) is 6.22. The predicted octanol–water partition coefficient (Wildman–Crippen LogP) is 2.77. The number of para-hydroxylation sites is 1. The van der Waals surface area contributed by atoms with Gasteiger partial charge < -0.3 is 15.0 Å². The van der Waals surface area contributed by atoms with Crippen LogP contribution in [0, 0.1) is 10.1 Å². The lowest BCUT2D eigenvalue weighted by atomic mass is 10.1. The van der Waals surface area contributed by atoms with Gasteiger partial charge in [-0.15, -0.1) is 0 Å². The van der Waals surface area contributed by atoms with Gasteiger partial charge in [-0.05, 0) is 37.1 Å². The molecule has 1 N–H and O–H groups in total. The van der Waals surface area contributed by atoms with E-state index in [9.17, 15) is 19.7 Å². The fourth-order valence-electron chi connectivity index (χ4n) is 3.17. The van der Waals surface area contributed by atoms with Gasteiger partial charge in [-0.2, -0.15) is 0 Å². The molecule has 140 valence electrons. The van der Waals surface area contributed by atoms with Crippen molar-refractivity contribution in [3.63, 3.8) is 0 Å². The van der Waals surface area contributed by atoms with Crippen molar-refractivity contribution in [3.05, 3.63) is 63.7 Å². The molecule has 1 atom stereocenters. The molecule has 3 rings (SSSR count). The van der Waals surface area contributed by atoms with Crippen LogP contribution in [0.3, 0.4) is 0 Å². The molecule has 0 radical (unpaired) electrons. The summed E-state index contributed by atoms with van der Waals surface area (Å²) >= 11 is 0. The molecule has 1 aliphatic heterocycles. The highest BCUT2D eigenvalue weighted by Gasteiger charge is 2.28. The van der Waals surface area contributed by atoms with Crippen LogP contribution in [0.2, 0.25) is 0 Å². The molecule has 0 bridgehead atoms. The molecular formula is C19H19N3O5. The second-order valence-electron chi connectivity index (χ2n) is 6.22. The van der Waals surface area contributed by atoms with E-state index in [0.717, 1.165) is 24.8 Å². The van der Waals surface area contributed by atoms with Crippen LogP contribution in [-0.2, 0) is 16.0 Å². The van der Waals surface area contributed by atoms with Crippen LogP contribution in [-0.4, -0.2) is 36.5 Å². The van der Waals surface area contributed by atoms with E-state index in [0.29, 0.717) is 12.2 Å². The lowest BCUT2D eigenvalue weighted by Crippen LogP contribution is -2.40. The van der Waals surface area contributed by atoms with Crippen molar-refractivity contribution in [2.75, 3.05) is 23.9 Å². The average Bonchev–Trinajstić information content (AvgIpc) is 3.10. The fourth-order valence-corrected chi connectivity index (χ4v) is 3.17. The maximum atomic E-state index is 12.8. The number of nitro groups is 1. The summed E-state index contributed by atoms with van der Waals surface area (Å²) < 4.78 is 4.61. The topological polar surface area (TPSA) is 102 Å². The van der Waals surface area contributed by atoms with E-state index < -0.39 is 16.9 Å². The third-order valence-electron chi connectivity index (χ3n) is 4.51. The molecular weight excluding hydrogens is 350 g/mol. The Morgan fingerprint density at radius 1 is 1.26 bits per heavy atom. The first-order valence-corrected chi connectivity index (χ1v) is 8.45. The first-order chi connectivity index (χ1) is 12.9. The first-order valence-electron chi connectivity index (χ1n) is 8.45. The highest BCUT2D eigenvalue weighted by Crippen LogP contribution is 2.29. The molecule has 8 heteroatoms. The largest absolute Gasteiger partial charge is 0.465 e. The van der Waals surface area contributed by atoms with Crippen LogP contribution in [0.15, 0.2) is 42.5 Å². The summed E-state index contributed by atoms with van der Waals surface area (Å²) in [4.78, 5) is 36.8. The van der Waals surface area contributed by atoms with Gasteiger partial charge in [0.1, 0.15) is 11.6 Å². The molecule has 0 aromatic heterocycles. The molecule has 1 aliphatic rings. The number of methoxy groups -OCH3 is 1. The molecule has 0 spiro atoms. The number of hydrogen-bond donors (Lipinski definition) is 1. The van der Waals surface area contributed by atoms with Crippen LogP contribution in [0.1, 0.15) is 22.8 Å². The zero-order valence-electron chi connectivity index (χ0n) is 15.0. The Labute approximate surface area is 155 Å². The number of carbonyl (C=O) groups excluding carboxylic acids is 2. The Kier molecular flexibility index (Phi) is 5.07. The fraction of sp³-hybridized carbons (Fsp3) is 0.263. The third kappa shape index (κ3) is 3.59. The summed E-state index contributed by atoms with van der Waals surface area (Å²) in [5, 5.41) is 14.1. The number of nitrogens with zero attached hydrogens (tertiary/aromatic N) is 2. The van der Waals surface area contributed by atoms with E-state index in [1.807, 2.05) is 24.3 Å². The number of rotatable bonds is 5. The number of carbonyl (C=O) groups is 2. The smallest absolute Gasteiger partial charge is 0.344 e. The van der Waals surface area contributed by atoms with Gasteiger partial charge in [0, 0.05) is 24.0 Å². The number of nitrogens with one attached hydrogen (secondary N) is 1. The zero-order chi connectivity index (χ0) is 19.6. The van der Waals surface area contributed by atoms with E-state index in [-0.39, 0.29) is 17.2 Å². The third-order valence-corrected chi connectivity index (χ3v) is 4.51. The molecule has 0 fully saturated rings. The first kappa shape index (κ1) is 18.4. The molecule has 27 heavy (non-hydrogen) atoms. The van der Waals surface area contributed by atoms with Crippen molar-refractivity contribution < 1.29 is 19.2 Å². The maximum absolute atomic E-state index is 12.8. The second kappa shape index (κ2) is 7.45. The quantitative estimate of drug-likeness (QED) is 0.494. The van der Waals surface area contributed by atoms with Crippen LogP contribution < -0.4 is 10.2 Å². The molecule has 1 heterocycles. The summed E-state index contributed by atoms with van der Waals surface area (Å²) in [6, 6.07) is 11.2. The normalized spacial score (nSPS) is 13.6. The number of hydrogen-bond acceptors (Lipinski definition) is 6. The van der Waals surface area contributed by atoms with Gasteiger partial charge in [-0.25, -0.2) is 4.79 Å². The van der Waals surface area contributed by atoms with E-state index in [2.05, 4.69) is 10.1 Å². The van der Waals surface area contributed by atoms with Gasteiger partial charge in [-0.3, -0.25) is 14.9 Å². The van der Waals surface area contributed by atoms with Crippen molar-refractivity contribution in [3.8, 4) is 0 Å². The molecule has 0 aliphatic carbocycles. The van der Waals surface area contributed by atoms with Crippen molar-refractivity contribution in [1.29, 1.82) is 0 Å². The molecule has 2 aromatic rings. The monoisotopic (exact) mass is 369 g/mol. The molecule has 1 amide bonds. The van der Waals surface area contributed by atoms with Gasteiger partial charge in [0.05, 0.1) is 12.0 Å². The van der Waals surface area contributed by atoms with Crippen LogP contribution >= 0.6 is 0 Å². The van der Waals surface area contributed by atoms with Gasteiger partial charge in [-0.1, -0.05) is 18.2 Å². The Morgan fingerprint density at radius 2 is 2.00 bits per heavy atom. The van der Waals surface area contributed by atoms with Gasteiger partial charge in [0.25, 0.3) is 5.69 Å². The van der Waals surface area contributed by atoms with Crippen LogP contribution in [0.5, 0.6) is 0 Å². The minimum atomic E-state index is -0.808. The molecule has 1 unspecified atom stereocenters. The van der Waals surface area contributed by atoms with Gasteiger partial charge in [0.2, 0.25) is 5.91 Å². The molecule has 2 aromatic carbocycles. The standard InChI is InChI=1S/C19H19N3O5/c1-12(18(23)21-10-9-13-5-3-4-6-16(13)21)20-14-7-8-17(22(25)26)15(11-14)19(24)27-2/h3-8,11-12,20H,9-10H2,1-2H3. The number of amides is 1. The molecule has 0 saturated carbocycles. The van der Waals surface area contributed by atoms with Gasteiger partial charge in [0.15, 0.2) is 0 Å². The van der Waals surface area contributed by atoms with Crippen molar-refractivity contribution in [2.45, 2.75) is 19.4 Å². The van der Waals surface area contributed by atoms with Crippen LogP contribution in [0.25, 0.3) is 0 Å². The highest BCUT2D eigenvalue weighted by atomic mass is 16.6. The van der Waals surface area contributed by atoms with Gasteiger partial charge >= 0.3 is 5.97 Å². The number of anilines is 2. The zero-order valence-corrected chi connectivity index (χ0v) is 15.0. The lowest BCUT2D eigenvalue weighted by Gasteiger charge is -2.23. The Morgan fingerprint density at radius 3 is 2.70 bits per heavy atom. The average molecular weight is 369 g/mol. The summed E-state index contributed by atoms with van der Waals surface area (Å²) in [5.41, 5.74) is 1.93. The molecule has 0 saturated heterocycles. The summed E-state index contributed by atoms with van der Waals surface area (Å²) in [6.45, 7) is 2.32. The van der Waals surface area contributed by atoms with Crippen molar-refractivity contribution in [2.24, 2.45) is 0 Å². The Balaban J connectivity index is 1.80. The van der Waals surface area contributed by atoms with Crippen molar-refractivity contribution >= 4 is 28.9 Å². The number of esters is 1. The number of nitro benzene ring substituents is 1. The Hall–Kier alpha value is -3.42. The summed E-state index contributed by atoms with van der Waals surface area (Å²) in [7, 11) is 1.16. The summed E-state index contributed by atoms with van der Waals surface area (Å²) in [6.07, 6.45) is 0.804. The van der Waals surface area contributed by atoms with E-state index >= 15 is 0 Å². The number of fused-ring (bicyclic) bond motifs is 1. The molecule has 8 nitrogen and oxygen atoms in total. The summed E-state index contributed by atoms with van der Waals surface area (Å²) in [5.74, 6) is -0.921. The minimum Gasteiger partial charge on any atom is -0.465 e. The lowest BCUT2D eigenvalue weighted by molar-refractivity contribution is -0.385.